The number of carbonyl (C=O) groups excluding carboxylic acids is 1. The Hall–Kier alpha value is -3.62. The number of hydrogen-bond donors (Lipinski definition) is 1. The van der Waals surface area contributed by atoms with Gasteiger partial charge in [0.25, 0.3) is 5.91 Å². The number of aromatic nitrogens is 3. The van der Waals surface area contributed by atoms with Crippen molar-refractivity contribution in [1.29, 1.82) is 0 Å². The van der Waals surface area contributed by atoms with Gasteiger partial charge in [0.05, 0.1) is 23.4 Å². The predicted octanol–water partition coefficient (Wildman–Crippen LogP) is 6.12. The molecular formula is C26H22N4O2S2. The number of benzene rings is 2. The highest BCUT2D eigenvalue weighted by Gasteiger charge is 2.18. The molecule has 8 heteroatoms. The second kappa shape index (κ2) is 10.1. The SMILES string of the molecule is Cc1ccccc1-n1c(SCc2cccc(C(=O)NCc3ccco3)c2)nnc1-c1cccs1. The fraction of sp³-hybridized carbons (Fsp3) is 0.115. The Morgan fingerprint density at radius 3 is 2.76 bits per heavy atom. The summed E-state index contributed by atoms with van der Waals surface area (Å²) in [4.78, 5) is 13.7. The first-order chi connectivity index (χ1) is 16.7. The van der Waals surface area contributed by atoms with E-state index in [1.807, 2.05) is 53.9 Å². The summed E-state index contributed by atoms with van der Waals surface area (Å²) in [6, 6.07) is 23.6. The quantitative estimate of drug-likeness (QED) is 0.268. The molecule has 0 bridgehead atoms. The van der Waals surface area contributed by atoms with E-state index in [2.05, 4.69) is 45.2 Å². The van der Waals surface area contributed by atoms with E-state index >= 15 is 0 Å². The predicted molar refractivity (Wildman–Crippen MR) is 135 cm³/mol. The summed E-state index contributed by atoms with van der Waals surface area (Å²) in [7, 11) is 0. The number of rotatable bonds is 8. The minimum absolute atomic E-state index is 0.133. The van der Waals surface area contributed by atoms with Crippen molar-refractivity contribution < 1.29 is 9.21 Å². The maximum Gasteiger partial charge on any atom is 0.251 e. The van der Waals surface area contributed by atoms with Crippen molar-refractivity contribution in [3.05, 3.63) is 107 Å². The first-order valence-electron chi connectivity index (χ1n) is 10.8. The third-order valence-corrected chi connectivity index (χ3v) is 7.16. The number of hydrogen-bond acceptors (Lipinski definition) is 6. The van der Waals surface area contributed by atoms with Gasteiger partial charge in [0.1, 0.15) is 5.76 Å². The van der Waals surface area contributed by atoms with Gasteiger partial charge in [-0.2, -0.15) is 0 Å². The van der Waals surface area contributed by atoms with E-state index in [-0.39, 0.29) is 5.91 Å². The highest BCUT2D eigenvalue weighted by molar-refractivity contribution is 7.98. The van der Waals surface area contributed by atoms with Crippen LogP contribution in [0.5, 0.6) is 0 Å². The molecular weight excluding hydrogens is 464 g/mol. The summed E-state index contributed by atoms with van der Waals surface area (Å²) in [5, 5.41) is 14.8. The molecule has 0 unspecified atom stereocenters. The molecule has 0 aliphatic carbocycles. The van der Waals surface area contributed by atoms with Gasteiger partial charge in [0.15, 0.2) is 11.0 Å². The van der Waals surface area contributed by atoms with Gasteiger partial charge in [-0.15, -0.1) is 21.5 Å². The molecule has 0 fully saturated rings. The van der Waals surface area contributed by atoms with Crippen molar-refractivity contribution in [1.82, 2.24) is 20.1 Å². The first kappa shape index (κ1) is 22.2. The molecule has 0 spiro atoms. The van der Waals surface area contributed by atoms with Crippen LogP contribution in [-0.2, 0) is 12.3 Å². The maximum atomic E-state index is 12.6. The van der Waals surface area contributed by atoms with Crippen LogP contribution in [0.2, 0.25) is 0 Å². The number of amides is 1. The number of nitrogens with one attached hydrogen (secondary N) is 1. The van der Waals surface area contributed by atoms with Gasteiger partial charge < -0.3 is 9.73 Å². The van der Waals surface area contributed by atoms with Gasteiger partial charge in [0, 0.05) is 11.3 Å². The zero-order valence-electron chi connectivity index (χ0n) is 18.5. The van der Waals surface area contributed by atoms with Crippen LogP contribution in [0, 0.1) is 6.92 Å². The van der Waals surface area contributed by atoms with Gasteiger partial charge in [0.2, 0.25) is 0 Å². The smallest absolute Gasteiger partial charge is 0.251 e. The normalized spacial score (nSPS) is 11.0. The van der Waals surface area contributed by atoms with Crippen molar-refractivity contribution in [2.45, 2.75) is 24.4 Å². The summed E-state index contributed by atoms with van der Waals surface area (Å²) < 4.78 is 7.40. The lowest BCUT2D eigenvalue weighted by Gasteiger charge is -2.12. The lowest BCUT2D eigenvalue weighted by molar-refractivity contribution is 0.0948. The molecule has 6 nitrogen and oxygen atoms in total. The zero-order valence-corrected chi connectivity index (χ0v) is 20.1. The lowest BCUT2D eigenvalue weighted by atomic mass is 10.1. The molecule has 3 heterocycles. The standard InChI is InChI=1S/C26H22N4O2S2/c1-18-7-2-3-11-22(18)30-24(23-12-6-14-33-23)28-29-26(30)34-17-19-8-4-9-20(15-19)25(31)27-16-21-10-5-13-32-21/h2-15H,16-17H2,1H3,(H,27,31). The second-order valence-electron chi connectivity index (χ2n) is 7.66. The molecule has 0 atom stereocenters. The van der Waals surface area contributed by atoms with E-state index in [1.54, 1.807) is 35.4 Å². The van der Waals surface area contributed by atoms with Gasteiger partial charge in [-0.3, -0.25) is 9.36 Å². The Kier molecular flexibility index (Phi) is 6.60. The minimum atomic E-state index is -0.133. The lowest BCUT2D eigenvalue weighted by Crippen LogP contribution is -2.22. The van der Waals surface area contributed by atoms with Gasteiger partial charge in [-0.1, -0.05) is 48.2 Å². The van der Waals surface area contributed by atoms with Crippen molar-refractivity contribution in [2.24, 2.45) is 0 Å². The first-order valence-corrected chi connectivity index (χ1v) is 12.6. The Balaban J connectivity index is 1.36. The summed E-state index contributed by atoms with van der Waals surface area (Å²) >= 11 is 3.24. The van der Waals surface area contributed by atoms with Crippen LogP contribution in [0.4, 0.5) is 0 Å². The molecule has 1 amide bonds. The van der Waals surface area contributed by atoms with Crippen molar-refractivity contribution in [3.63, 3.8) is 0 Å². The van der Waals surface area contributed by atoms with E-state index in [0.717, 1.165) is 38.4 Å². The van der Waals surface area contributed by atoms with Crippen LogP contribution in [0.1, 0.15) is 27.2 Å². The molecule has 1 N–H and O–H groups in total. The Bertz CT molecular complexity index is 1390. The number of thioether (sulfide) groups is 1. The minimum Gasteiger partial charge on any atom is -0.467 e. The molecule has 34 heavy (non-hydrogen) atoms. The maximum absolute atomic E-state index is 12.6. The average Bonchev–Trinajstić information content (AvgIpc) is 3.64. The summed E-state index contributed by atoms with van der Waals surface area (Å²) in [5.41, 5.74) is 3.86. The zero-order chi connectivity index (χ0) is 23.3. The Morgan fingerprint density at radius 1 is 1.06 bits per heavy atom. The molecule has 5 aromatic rings. The topological polar surface area (TPSA) is 73.0 Å². The summed E-state index contributed by atoms with van der Waals surface area (Å²) in [6.07, 6.45) is 1.60. The summed E-state index contributed by atoms with van der Waals surface area (Å²) in [5.74, 6) is 2.08. The highest BCUT2D eigenvalue weighted by Crippen LogP contribution is 2.32. The fourth-order valence-corrected chi connectivity index (χ4v) is 5.18. The monoisotopic (exact) mass is 486 g/mol. The Morgan fingerprint density at radius 2 is 1.97 bits per heavy atom. The van der Waals surface area contributed by atoms with E-state index in [9.17, 15) is 4.79 Å². The van der Waals surface area contributed by atoms with Crippen LogP contribution in [-0.4, -0.2) is 20.7 Å². The number of thiophene rings is 1. The van der Waals surface area contributed by atoms with Crippen molar-refractivity contribution in [3.8, 4) is 16.4 Å². The van der Waals surface area contributed by atoms with Crippen molar-refractivity contribution >= 4 is 29.0 Å². The van der Waals surface area contributed by atoms with Crippen LogP contribution in [0.15, 0.2) is 94.0 Å². The number of nitrogens with zero attached hydrogens (tertiary/aromatic N) is 3. The molecule has 2 aromatic carbocycles. The van der Waals surface area contributed by atoms with Crippen LogP contribution < -0.4 is 5.32 Å². The molecule has 0 saturated heterocycles. The fourth-order valence-electron chi connectivity index (χ4n) is 3.59. The molecule has 0 radical (unpaired) electrons. The van der Waals surface area contributed by atoms with Crippen molar-refractivity contribution in [2.75, 3.05) is 0 Å². The van der Waals surface area contributed by atoms with E-state index in [0.29, 0.717) is 17.9 Å². The van der Waals surface area contributed by atoms with Crippen LogP contribution in [0.25, 0.3) is 16.4 Å². The highest BCUT2D eigenvalue weighted by atomic mass is 32.2. The van der Waals surface area contributed by atoms with Crippen LogP contribution >= 0.6 is 23.1 Å². The third-order valence-electron chi connectivity index (χ3n) is 5.29. The van der Waals surface area contributed by atoms with E-state index in [4.69, 9.17) is 4.42 Å². The number of carbonyl (C=O) groups is 1. The third kappa shape index (κ3) is 4.83. The molecule has 3 aromatic heterocycles. The van der Waals surface area contributed by atoms with Gasteiger partial charge >= 0.3 is 0 Å². The average molecular weight is 487 g/mol. The summed E-state index contributed by atoms with van der Waals surface area (Å²) in [6.45, 7) is 2.45. The molecule has 170 valence electrons. The van der Waals surface area contributed by atoms with Gasteiger partial charge in [-0.05, 0) is 59.8 Å². The molecule has 0 saturated carbocycles. The van der Waals surface area contributed by atoms with E-state index < -0.39 is 0 Å². The largest absolute Gasteiger partial charge is 0.467 e. The Labute approximate surface area is 205 Å². The van der Waals surface area contributed by atoms with Crippen LogP contribution in [0.3, 0.4) is 0 Å². The molecule has 0 aliphatic rings. The molecule has 5 rings (SSSR count). The second-order valence-corrected chi connectivity index (χ2v) is 9.55. The number of furan rings is 1. The number of aryl methyl sites for hydroxylation is 1. The van der Waals surface area contributed by atoms with Gasteiger partial charge in [-0.25, -0.2) is 0 Å². The number of para-hydroxylation sites is 1. The molecule has 0 aliphatic heterocycles. The van der Waals surface area contributed by atoms with E-state index in [1.165, 1.54) is 0 Å².